The van der Waals surface area contributed by atoms with Gasteiger partial charge in [-0.1, -0.05) is 6.07 Å². The van der Waals surface area contributed by atoms with Crippen LogP contribution in [0.15, 0.2) is 28.9 Å². The molecule has 19 heavy (non-hydrogen) atoms. The lowest BCUT2D eigenvalue weighted by molar-refractivity contribution is 0.0687. The van der Waals surface area contributed by atoms with Crippen molar-refractivity contribution in [3.8, 4) is 11.3 Å². The maximum absolute atomic E-state index is 11.2. The topological polar surface area (TPSA) is 81.2 Å². The minimum atomic E-state index is -1.01. The second-order valence-corrected chi connectivity index (χ2v) is 4.27. The number of imidazole rings is 1. The molecule has 0 atom stereocenters. The van der Waals surface area contributed by atoms with Crippen LogP contribution in [-0.4, -0.2) is 25.6 Å². The van der Waals surface area contributed by atoms with E-state index >= 15 is 0 Å². The number of hydrogen-bond acceptors (Lipinski definition) is 4. The lowest BCUT2D eigenvalue weighted by Gasteiger charge is -2.01. The van der Waals surface area contributed by atoms with E-state index in [1.54, 1.807) is 32.2 Å². The van der Waals surface area contributed by atoms with E-state index in [-0.39, 0.29) is 5.69 Å². The molecule has 6 heteroatoms. The molecule has 0 spiro atoms. The van der Waals surface area contributed by atoms with Gasteiger partial charge in [-0.05, 0) is 12.1 Å². The number of benzene rings is 1. The molecule has 96 valence electrons. The third-order valence-electron chi connectivity index (χ3n) is 2.91. The van der Waals surface area contributed by atoms with Crippen molar-refractivity contribution in [2.45, 2.75) is 6.92 Å². The third kappa shape index (κ3) is 1.77. The van der Waals surface area contributed by atoms with Crippen molar-refractivity contribution >= 4 is 17.1 Å². The Morgan fingerprint density at radius 1 is 1.42 bits per heavy atom. The highest BCUT2D eigenvalue weighted by molar-refractivity contribution is 5.94. The van der Waals surface area contributed by atoms with Gasteiger partial charge in [-0.2, -0.15) is 0 Å². The molecule has 0 amide bonds. The zero-order valence-corrected chi connectivity index (χ0v) is 10.4. The van der Waals surface area contributed by atoms with Crippen molar-refractivity contribution in [1.82, 2.24) is 14.5 Å². The predicted molar refractivity (Wildman–Crippen MR) is 67.9 cm³/mol. The Balaban J connectivity index is 2.21. The average molecular weight is 257 g/mol. The number of fused-ring (bicyclic) bond motifs is 1. The van der Waals surface area contributed by atoms with Gasteiger partial charge in [-0.15, -0.1) is 0 Å². The molecule has 1 N–H and O–H groups in total. The summed E-state index contributed by atoms with van der Waals surface area (Å²) in [6, 6.07) is 5.34. The van der Waals surface area contributed by atoms with Gasteiger partial charge < -0.3 is 14.1 Å². The van der Waals surface area contributed by atoms with Gasteiger partial charge in [-0.3, -0.25) is 0 Å². The Labute approximate surface area is 108 Å². The van der Waals surface area contributed by atoms with Crippen molar-refractivity contribution < 1.29 is 14.3 Å². The van der Waals surface area contributed by atoms with E-state index in [0.717, 1.165) is 5.52 Å². The summed E-state index contributed by atoms with van der Waals surface area (Å²) in [7, 11) is 1.65. The van der Waals surface area contributed by atoms with Gasteiger partial charge in [0.2, 0.25) is 0 Å². The Morgan fingerprint density at radius 2 is 2.21 bits per heavy atom. The highest BCUT2D eigenvalue weighted by atomic mass is 16.4. The van der Waals surface area contributed by atoms with E-state index < -0.39 is 5.97 Å². The van der Waals surface area contributed by atoms with Gasteiger partial charge in [0.1, 0.15) is 11.2 Å². The van der Waals surface area contributed by atoms with E-state index in [0.29, 0.717) is 22.7 Å². The maximum Gasteiger partial charge on any atom is 0.354 e. The predicted octanol–water partition coefficient (Wildman–Crippen LogP) is 2.23. The van der Waals surface area contributed by atoms with Crippen LogP contribution in [0.5, 0.6) is 0 Å². The van der Waals surface area contributed by atoms with Crippen LogP contribution in [0.2, 0.25) is 0 Å². The molecule has 0 aliphatic carbocycles. The first-order valence-electron chi connectivity index (χ1n) is 5.68. The summed E-state index contributed by atoms with van der Waals surface area (Å²) in [6.07, 6.45) is 1.48. The average Bonchev–Trinajstić information content (AvgIpc) is 2.89. The standard InChI is InChI=1S/C13H11N3O3/c1-7-15-9-4-3-8(5-10(9)19-7)11-12(13(17)18)16(2)6-14-11/h3-6H,1-2H3,(H,17,18). The van der Waals surface area contributed by atoms with E-state index in [1.807, 2.05) is 0 Å². The summed E-state index contributed by atoms with van der Waals surface area (Å²) in [5.74, 6) is -0.435. The SMILES string of the molecule is Cc1nc2ccc(-c3ncn(C)c3C(=O)O)cc2o1. The van der Waals surface area contributed by atoms with E-state index in [2.05, 4.69) is 9.97 Å². The molecule has 0 unspecified atom stereocenters. The molecule has 0 radical (unpaired) electrons. The molecule has 2 heterocycles. The minimum Gasteiger partial charge on any atom is -0.477 e. The van der Waals surface area contributed by atoms with Crippen molar-refractivity contribution in [2.24, 2.45) is 7.05 Å². The quantitative estimate of drug-likeness (QED) is 0.761. The van der Waals surface area contributed by atoms with Crippen molar-refractivity contribution in [1.29, 1.82) is 0 Å². The van der Waals surface area contributed by atoms with Gasteiger partial charge in [0, 0.05) is 19.5 Å². The van der Waals surface area contributed by atoms with E-state index in [4.69, 9.17) is 4.42 Å². The molecule has 2 aromatic heterocycles. The molecule has 0 bridgehead atoms. The lowest BCUT2D eigenvalue weighted by atomic mass is 10.1. The molecule has 0 saturated heterocycles. The summed E-state index contributed by atoms with van der Waals surface area (Å²) < 4.78 is 6.92. The highest BCUT2D eigenvalue weighted by Gasteiger charge is 2.18. The number of rotatable bonds is 2. The van der Waals surface area contributed by atoms with Gasteiger partial charge >= 0.3 is 5.97 Å². The fourth-order valence-corrected chi connectivity index (χ4v) is 2.08. The molecule has 0 aliphatic heterocycles. The monoisotopic (exact) mass is 257 g/mol. The number of carbonyl (C=O) groups is 1. The van der Waals surface area contributed by atoms with Crippen LogP contribution in [0.3, 0.4) is 0 Å². The summed E-state index contributed by atoms with van der Waals surface area (Å²) in [5, 5.41) is 9.22. The molecule has 1 aromatic carbocycles. The minimum absolute atomic E-state index is 0.149. The first kappa shape index (κ1) is 11.5. The second kappa shape index (κ2) is 3.94. The van der Waals surface area contributed by atoms with Crippen LogP contribution in [-0.2, 0) is 7.05 Å². The van der Waals surface area contributed by atoms with Gasteiger partial charge in [-0.25, -0.2) is 14.8 Å². The number of carboxylic acid groups (broad SMARTS) is 1. The zero-order valence-electron chi connectivity index (χ0n) is 10.4. The Hall–Kier alpha value is -2.63. The lowest BCUT2D eigenvalue weighted by Crippen LogP contribution is -2.05. The molecule has 3 aromatic rings. The van der Waals surface area contributed by atoms with Gasteiger partial charge in [0.05, 0.1) is 6.33 Å². The molecule has 3 rings (SSSR count). The molecule has 0 aliphatic rings. The van der Waals surface area contributed by atoms with Crippen LogP contribution in [0, 0.1) is 6.92 Å². The fourth-order valence-electron chi connectivity index (χ4n) is 2.08. The summed E-state index contributed by atoms with van der Waals surface area (Å²) >= 11 is 0. The molecular formula is C13H11N3O3. The zero-order chi connectivity index (χ0) is 13.6. The second-order valence-electron chi connectivity index (χ2n) is 4.27. The van der Waals surface area contributed by atoms with Crippen molar-refractivity contribution in [3.63, 3.8) is 0 Å². The van der Waals surface area contributed by atoms with E-state index in [1.165, 1.54) is 10.9 Å². The first-order chi connectivity index (χ1) is 9.06. The molecule has 0 saturated carbocycles. The van der Waals surface area contributed by atoms with Crippen LogP contribution in [0.25, 0.3) is 22.4 Å². The molecular weight excluding hydrogens is 246 g/mol. The van der Waals surface area contributed by atoms with Crippen LogP contribution >= 0.6 is 0 Å². The van der Waals surface area contributed by atoms with Gasteiger partial charge in [0.25, 0.3) is 0 Å². The fraction of sp³-hybridized carbons (Fsp3) is 0.154. The first-order valence-corrected chi connectivity index (χ1v) is 5.68. The van der Waals surface area contributed by atoms with Crippen molar-refractivity contribution in [2.75, 3.05) is 0 Å². The van der Waals surface area contributed by atoms with Crippen LogP contribution in [0.4, 0.5) is 0 Å². The summed E-state index contributed by atoms with van der Waals surface area (Å²) in [5.41, 5.74) is 2.63. The van der Waals surface area contributed by atoms with E-state index in [9.17, 15) is 9.90 Å². The number of hydrogen-bond donors (Lipinski definition) is 1. The number of carboxylic acids is 1. The summed E-state index contributed by atoms with van der Waals surface area (Å²) in [4.78, 5) is 19.6. The van der Waals surface area contributed by atoms with Gasteiger partial charge in [0.15, 0.2) is 17.2 Å². The normalized spacial score (nSPS) is 11.1. The molecule has 0 fully saturated rings. The Bertz CT molecular complexity index is 786. The number of nitrogens with zero attached hydrogens (tertiary/aromatic N) is 3. The Kier molecular flexibility index (Phi) is 2.38. The third-order valence-corrected chi connectivity index (χ3v) is 2.91. The largest absolute Gasteiger partial charge is 0.477 e. The molecule has 6 nitrogen and oxygen atoms in total. The number of aromatic carboxylic acids is 1. The van der Waals surface area contributed by atoms with Crippen LogP contribution in [0.1, 0.15) is 16.4 Å². The number of oxazole rings is 1. The van der Waals surface area contributed by atoms with Crippen LogP contribution < -0.4 is 0 Å². The maximum atomic E-state index is 11.2. The highest BCUT2D eigenvalue weighted by Crippen LogP contribution is 2.26. The number of aryl methyl sites for hydroxylation is 2. The number of aromatic nitrogens is 3. The summed E-state index contributed by atoms with van der Waals surface area (Å²) in [6.45, 7) is 1.77. The Morgan fingerprint density at radius 3 is 2.95 bits per heavy atom. The van der Waals surface area contributed by atoms with Crippen molar-refractivity contribution in [3.05, 3.63) is 36.1 Å². The smallest absolute Gasteiger partial charge is 0.354 e.